The predicted molar refractivity (Wildman–Crippen MR) is 114 cm³/mol. The second-order valence-electron chi connectivity index (χ2n) is 6.89. The molecule has 0 saturated carbocycles. The van der Waals surface area contributed by atoms with Gasteiger partial charge in [0, 0.05) is 12.6 Å². The third-order valence-corrected chi connectivity index (χ3v) is 5.56. The molecule has 2 heterocycles. The van der Waals surface area contributed by atoms with Crippen LogP contribution >= 0.6 is 12.2 Å². The van der Waals surface area contributed by atoms with Crippen molar-refractivity contribution in [3.63, 3.8) is 0 Å². The number of carbonyl (C=O) groups is 2. The molecule has 1 saturated heterocycles. The van der Waals surface area contributed by atoms with E-state index in [0.29, 0.717) is 34.1 Å². The minimum atomic E-state index is -0.510. The number of nitrogens with zero attached hydrogens (tertiary/aromatic N) is 1. The first-order valence-corrected chi connectivity index (χ1v) is 9.67. The van der Waals surface area contributed by atoms with Crippen molar-refractivity contribution >= 4 is 34.8 Å². The fraction of sp³-hybridized carbons (Fsp3) is 0.227. The number of hydrogen-bond donors (Lipinski definition) is 1. The Bertz CT molecular complexity index is 1030. The van der Waals surface area contributed by atoms with Crippen molar-refractivity contribution in [1.82, 2.24) is 4.90 Å². The van der Waals surface area contributed by atoms with Gasteiger partial charge >= 0.3 is 5.97 Å². The van der Waals surface area contributed by atoms with Crippen LogP contribution in [0.25, 0.3) is 0 Å². The molecule has 0 unspecified atom stereocenters. The van der Waals surface area contributed by atoms with E-state index in [0.717, 1.165) is 6.42 Å². The topological polar surface area (TPSA) is 67.9 Å². The van der Waals surface area contributed by atoms with Crippen LogP contribution in [0.4, 0.5) is 5.69 Å². The summed E-state index contributed by atoms with van der Waals surface area (Å²) in [4.78, 5) is 28.0. The van der Waals surface area contributed by atoms with Crippen molar-refractivity contribution in [2.24, 2.45) is 0 Å². The molecule has 1 fully saturated rings. The number of anilines is 1. The van der Waals surface area contributed by atoms with Crippen molar-refractivity contribution in [2.75, 3.05) is 19.0 Å². The molecule has 0 bridgehead atoms. The standard InChI is InChI=1S/C22H20N2O4S/c1-3-13-9-17-20(29)23-16-11-19(28-22(26)14-7-5-4-6-8-14)18(27-2)10-15(16)21(25)24(17)12-13/h3-8,10-11,17H,9,12H2,1-2H3,(H,23,29)/b13-3+/t17-/m0/s1. The highest BCUT2D eigenvalue weighted by Crippen LogP contribution is 2.38. The summed E-state index contributed by atoms with van der Waals surface area (Å²) in [5.74, 6) is -0.115. The van der Waals surface area contributed by atoms with Gasteiger partial charge in [-0.1, -0.05) is 42.1 Å². The fourth-order valence-corrected chi connectivity index (χ4v) is 3.91. The lowest BCUT2D eigenvalue weighted by Crippen LogP contribution is -2.39. The molecule has 148 valence electrons. The van der Waals surface area contributed by atoms with Gasteiger partial charge in [0.05, 0.1) is 30.0 Å². The Labute approximate surface area is 174 Å². The van der Waals surface area contributed by atoms with Gasteiger partial charge in [-0.05, 0) is 31.5 Å². The second kappa shape index (κ2) is 7.67. The predicted octanol–water partition coefficient (Wildman–Crippen LogP) is 3.83. The van der Waals surface area contributed by atoms with Crippen LogP contribution < -0.4 is 14.8 Å². The first kappa shape index (κ1) is 19.1. The number of methoxy groups -OCH3 is 1. The molecular weight excluding hydrogens is 388 g/mol. The minimum absolute atomic E-state index is 0.131. The van der Waals surface area contributed by atoms with E-state index in [-0.39, 0.29) is 17.7 Å². The lowest BCUT2D eigenvalue weighted by Gasteiger charge is -2.21. The molecule has 2 aliphatic heterocycles. The third kappa shape index (κ3) is 3.49. The Morgan fingerprint density at radius 2 is 2.00 bits per heavy atom. The average Bonchev–Trinajstić information content (AvgIpc) is 3.15. The highest BCUT2D eigenvalue weighted by Gasteiger charge is 2.39. The summed E-state index contributed by atoms with van der Waals surface area (Å²) in [6.07, 6.45) is 2.74. The van der Waals surface area contributed by atoms with Crippen LogP contribution in [0, 0.1) is 0 Å². The molecule has 1 N–H and O–H groups in total. The van der Waals surface area contributed by atoms with Crippen LogP contribution in [-0.2, 0) is 0 Å². The summed E-state index contributed by atoms with van der Waals surface area (Å²) in [5.41, 5.74) is 2.54. The summed E-state index contributed by atoms with van der Waals surface area (Å²) >= 11 is 5.56. The van der Waals surface area contributed by atoms with Gasteiger partial charge in [0.2, 0.25) is 0 Å². The second-order valence-corrected chi connectivity index (χ2v) is 7.33. The van der Waals surface area contributed by atoms with Crippen LogP contribution in [0.15, 0.2) is 54.1 Å². The van der Waals surface area contributed by atoms with E-state index >= 15 is 0 Å². The first-order chi connectivity index (χ1) is 14.0. The average molecular weight is 408 g/mol. The number of allylic oxidation sites excluding steroid dienone is 1. The zero-order valence-electron chi connectivity index (χ0n) is 16.1. The number of benzene rings is 2. The van der Waals surface area contributed by atoms with Gasteiger partial charge in [0.1, 0.15) is 4.99 Å². The van der Waals surface area contributed by atoms with E-state index < -0.39 is 5.97 Å². The molecule has 7 heteroatoms. The summed E-state index contributed by atoms with van der Waals surface area (Å²) in [6.45, 7) is 2.52. The lowest BCUT2D eigenvalue weighted by atomic mass is 10.1. The van der Waals surface area contributed by atoms with Gasteiger partial charge < -0.3 is 19.7 Å². The number of fused-ring (bicyclic) bond motifs is 2. The summed E-state index contributed by atoms with van der Waals surface area (Å²) in [7, 11) is 1.47. The monoisotopic (exact) mass is 408 g/mol. The molecule has 1 amide bonds. The molecule has 1 atom stereocenters. The summed E-state index contributed by atoms with van der Waals surface area (Å²) in [5, 5.41) is 3.17. The van der Waals surface area contributed by atoms with Crippen molar-refractivity contribution in [1.29, 1.82) is 0 Å². The lowest BCUT2D eigenvalue weighted by molar-refractivity contribution is 0.0729. The number of carbonyl (C=O) groups excluding carboxylic acids is 2. The zero-order chi connectivity index (χ0) is 20.5. The molecule has 4 rings (SSSR count). The number of hydrogen-bond acceptors (Lipinski definition) is 5. The number of nitrogens with one attached hydrogen (secondary N) is 1. The van der Waals surface area contributed by atoms with Crippen molar-refractivity contribution in [2.45, 2.75) is 19.4 Å². The van der Waals surface area contributed by atoms with E-state index in [1.54, 1.807) is 41.3 Å². The molecule has 0 aromatic heterocycles. The van der Waals surface area contributed by atoms with Crippen molar-refractivity contribution in [3.05, 3.63) is 65.2 Å². The molecule has 2 aromatic rings. The van der Waals surface area contributed by atoms with Crippen LogP contribution in [0.5, 0.6) is 11.5 Å². The van der Waals surface area contributed by atoms with Gasteiger partial charge in [-0.15, -0.1) is 0 Å². The number of esters is 1. The Balaban J connectivity index is 1.70. The van der Waals surface area contributed by atoms with E-state index in [4.69, 9.17) is 21.7 Å². The highest BCUT2D eigenvalue weighted by molar-refractivity contribution is 7.80. The molecule has 2 aliphatic rings. The molecule has 6 nitrogen and oxygen atoms in total. The fourth-order valence-electron chi connectivity index (χ4n) is 3.59. The molecule has 0 spiro atoms. The number of rotatable bonds is 3. The third-order valence-electron chi connectivity index (χ3n) is 5.18. The van der Waals surface area contributed by atoms with E-state index in [2.05, 4.69) is 5.32 Å². The van der Waals surface area contributed by atoms with Gasteiger partial charge in [-0.25, -0.2) is 4.79 Å². The molecule has 29 heavy (non-hydrogen) atoms. The smallest absolute Gasteiger partial charge is 0.343 e. The summed E-state index contributed by atoms with van der Waals surface area (Å²) < 4.78 is 10.9. The minimum Gasteiger partial charge on any atom is -0.493 e. The normalized spacial score (nSPS) is 19.3. The SMILES string of the molecule is C/C=C1\C[C@H]2C(=S)Nc3cc(OC(=O)c4ccccc4)c(OC)cc3C(=O)N2C1. The Hall–Kier alpha value is -3.19. The molecule has 0 radical (unpaired) electrons. The molecule has 0 aliphatic carbocycles. The largest absolute Gasteiger partial charge is 0.493 e. The van der Waals surface area contributed by atoms with Gasteiger partial charge in [0.15, 0.2) is 11.5 Å². The van der Waals surface area contributed by atoms with Crippen LogP contribution in [0.1, 0.15) is 34.1 Å². The maximum Gasteiger partial charge on any atom is 0.343 e. The number of amides is 1. The van der Waals surface area contributed by atoms with Gasteiger partial charge in [-0.3, -0.25) is 4.79 Å². The van der Waals surface area contributed by atoms with E-state index in [1.165, 1.54) is 12.7 Å². The maximum absolute atomic E-state index is 13.2. The first-order valence-electron chi connectivity index (χ1n) is 9.27. The zero-order valence-corrected chi connectivity index (χ0v) is 16.9. The molecule has 2 aromatic carbocycles. The Morgan fingerprint density at radius 3 is 2.69 bits per heavy atom. The van der Waals surface area contributed by atoms with Gasteiger partial charge in [0.25, 0.3) is 5.91 Å². The van der Waals surface area contributed by atoms with Crippen molar-refractivity contribution < 1.29 is 19.1 Å². The van der Waals surface area contributed by atoms with E-state index in [1.807, 2.05) is 19.1 Å². The summed E-state index contributed by atoms with van der Waals surface area (Å²) in [6, 6.07) is 11.7. The number of ether oxygens (including phenoxy) is 2. The molecular formula is C22H20N2O4S. The maximum atomic E-state index is 13.2. The highest BCUT2D eigenvalue weighted by atomic mass is 32.1. The van der Waals surface area contributed by atoms with Crippen LogP contribution in [0.3, 0.4) is 0 Å². The number of thiocarbonyl (C=S) groups is 1. The van der Waals surface area contributed by atoms with Gasteiger partial charge in [-0.2, -0.15) is 0 Å². The Kier molecular flexibility index (Phi) is 5.07. The Morgan fingerprint density at radius 1 is 1.24 bits per heavy atom. The van der Waals surface area contributed by atoms with Crippen LogP contribution in [-0.4, -0.2) is 41.5 Å². The quantitative estimate of drug-likeness (QED) is 0.360. The van der Waals surface area contributed by atoms with E-state index in [9.17, 15) is 9.59 Å². The van der Waals surface area contributed by atoms with Crippen LogP contribution in [0.2, 0.25) is 0 Å². The van der Waals surface area contributed by atoms with Crippen molar-refractivity contribution in [3.8, 4) is 11.5 Å².